The van der Waals surface area contributed by atoms with Crippen LogP contribution in [-0.4, -0.2) is 11.9 Å². The molecular weight excluding hydrogens is 225 g/mol. The van der Waals surface area contributed by atoms with Crippen LogP contribution in [0.2, 0.25) is 0 Å². The van der Waals surface area contributed by atoms with Crippen LogP contribution in [0.5, 0.6) is 0 Å². The molecule has 5 heteroatoms. The molecule has 1 rings (SSSR count). The van der Waals surface area contributed by atoms with Gasteiger partial charge in [0, 0.05) is 23.8 Å². The van der Waals surface area contributed by atoms with Crippen LogP contribution in [-0.2, 0) is 29.1 Å². The van der Waals surface area contributed by atoms with E-state index in [2.05, 4.69) is 0 Å². The number of carbonyl (C=O) groups excluding carboxylic acids is 2. The summed E-state index contributed by atoms with van der Waals surface area (Å²) in [6.07, 6.45) is 2.34. The molecule has 2 atom stereocenters. The second-order valence-electron chi connectivity index (χ2n) is 3.14. The predicted molar refractivity (Wildman–Crippen MR) is 35.5 cm³/mol. The molecule has 0 radical (unpaired) electrons. The van der Waals surface area contributed by atoms with Crippen molar-refractivity contribution >= 4 is 11.9 Å². The van der Waals surface area contributed by atoms with E-state index in [0.717, 1.165) is 12.8 Å². The zero-order valence-corrected chi connectivity index (χ0v) is 10.3. The largest absolute Gasteiger partial charge is 2.00 e. The van der Waals surface area contributed by atoms with Crippen molar-refractivity contribution in [3.63, 3.8) is 0 Å². The first kappa shape index (κ1) is 12.6. The van der Waals surface area contributed by atoms with Crippen molar-refractivity contribution in [1.82, 2.24) is 0 Å². The smallest absolute Gasteiger partial charge is 0.550 e. The molecule has 1 fully saturated rings. The minimum absolute atomic E-state index is 0. The number of carbonyl (C=O) groups is 2. The van der Waals surface area contributed by atoms with E-state index in [-0.39, 0.29) is 19.5 Å². The Hall–Kier alpha value is -0.437. The van der Waals surface area contributed by atoms with Crippen LogP contribution in [0.25, 0.3) is 0 Å². The second kappa shape index (κ2) is 5.33. The SMILES string of the molecule is O=C([O-])C1CCCCC1C(=O)[O-].[Zn+2]. The molecule has 0 amide bonds. The fourth-order valence-electron chi connectivity index (χ4n) is 1.70. The van der Waals surface area contributed by atoms with E-state index >= 15 is 0 Å². The summed E-state index contributed by atoms with van der Waals surface area (Å²) in [5, 5.41) is 20.9. The van der Waals surface area contributed by atoms with Gasteiger partial charge in [0.25, 0.3) is 0 Å². The summed E-state index contributed by atoms with van der Waals surface area (Å²) in [6.45, 7) is 0. The third-order valence-corrected chi connectivity index (χ3v) is 2.37. The van der Waals surface area contributed by atoms with Gasteiger partial charge < -0.3 is 19.8 Å². The van der Waals surface area contributed by atoms with Crippen molar-refractivity contribution in [3.05, 3.63) is 0 Å². The van der Waals surface area contributed by atoms with E-state index in [4.69, 9.17) is 0 Å². The molecule has 0 aromatic rings. The molecular formula is C8H10O4Zn. The number of hydrogen-bond acceptors (Lipinski definition) is 4. The number of carboxylic acids is 2. The molecule has 13 heavy (non-hydrogen) atoms. The summed E-state index contributed by atoms with van der Waals surface area (Å²) < 4.78 is 0. The second-order valence-corrected chi connectivity index (χ2v) is 3.14. The molecule has 0 heterocycles. The van der Waals surface area contributed by atoms with Crippen molar-refractivity contribution in [2.24, 2.45) is 11.8 Å². The van der Waals surface area contributed by atoms with Gasteiger partial charge in [0.1, 0.15) is 0 Å². The molecule has 68 valence electrons. The van der Waals surface area contributed by atoms with E-state index in [1.807, 2.05) is 0 Å². The summed E-state index contributed by atoms with van der Waals surface area (Å²) in [5.74, 6) is -4.21. The maximum atomic E-state index is 10.5. The summed E-state index contributed by atoms with van der Waals surface area (Å²) in [6, 6.07) is 0. The Balaban J connectivity index is 0.00000144. The van der Waals surface area contributed by atoms with E-state index in [1.165, 1.54) is 0 Å². The van der Waals surface area contributed by atoms with Gasteiger partial charge in [0.15, 0.2) is 0 Å². The topological polar surface area (TPSA) is 80.3 Å². The van der Waals surface area contributed by atoms with Gasteiger partial charge in [-0.2, -0.15) is 0 Å². The monoisotopic (exact) mass is 234 g/mol. The molecule has 4 nitrogen and oxygen atoms in total. The van der Waals surface area contributed by atoms with E-state index < -0.39 is 23.8 Å². The van der Waals surface area contributed by atoms with Gasteiger partial charge in [-0.25, -0.2) is 0 Å². The average molecular weight is 236 g/mol. The minimum atomic E-state index is -1.26. The first-order valence-corrected chi connectivity index (χ1v) is 4.04. The van der Waals surface area contributed by atoms with E-state index in [9.17, 15) is 19.8 Å². The molecule has 0 bridgehead atoms. The van der Waals surface area contributed by atoms with Gasteiger partial charge >= 0.3 is 19.5 Å². The van der Waals surface area contributed by atoms with Crippen LogP contribution in [0.1, 0.15) is 25.7 Å². The average Bonchev–Trinajstić information content (AvgIpc) is 2.04. The van der Waals surface area contributed by atoms with Gasteiger partial charge in [0.2, 0.25) is 0 Å². The Morgan fingerprint density at radius 3 is 1.46 bits per heavy atom. The third-order valence-electron chi connectivity index (χ3n) is 2.37. The third kappa shape index (κ3) is 3.07. The molecule has 0 N–H and O–H groups in total. The molecule has 0 saturated heterocycles. The Bertz CT molecular complexity index is 182. The van der Waals surface area contributed by atoms with Gasteiger partial charge in [0.05, 0.1) is 0 Å². The first-order valence-electron chi connectivity index (χ1n) is 4.04. The number of aliphatic carboxylic acids is 2. The molecule has 0 aliphatic heterocycles. The van der Waals surface area contributed by atoms with Crippen molar-refractivity contribution in [3.8, 4) is 0 Å². The Morgan fingerprint density at radius 2 is 1.23 bits per heavy atom. The standard InChI is InChI=1S/C8H12O4.Zn/c9-7(10)5-3-1-2-4-6(5)8(11)12;/h5-6H,1-4H2,(H,9,10)(H,11,12);/q;+2/p-2. The van der Waals surface area contributed by atoms with Crippen LogP contribution in [0.4, 0.5) is 0 Å². The molecule has 0 spiro atoms. The van der Waals surface area contributed by atoms with Crippen LogP contribution in [0.15, 0.2) is 0 Å². The van der Waals surface area contributed by atoms with Crippen LogP contribution in [0.3, 0.4) is 0 Å². The molecule has 0 aromatic heterocycles. The Morgan fingerprint density at radius 1 is 0.923 bits per heavy atom. The quantitative estimate of drug-likeness (QED) is 0.534. The molecule has 1 saturated carbocycles. The summed E-state index contributed by atoms with van der Waals surface area (Å²) in [4.78, 5) is 20.9. The van der Waals surface area contributed by atoms with Crippen LogP contribution >= 0.6 is 0 Å². The van der Waals surface area contributed by atoms with Gasteiger partial charge in [-0.05, 0) is 12.8 Å². The number of rotatable bonds is 2. The molecule has 1 aliphatic carbocycles. The predicted octanol–water partition coefficient (Wildman–Crippen LogP) is -1.71. The first-order chi connectivity index (χ1) is 5.63. The van der Waals surface area contributed by atoms with Crippen molar-refractivity contribution < 1.29 is 39.3 Å². The number of carboxylic acid groups (broad SMARTS) is 2. The summed E-state index contributed by atoms with van der Waals surface area (Å²) in [5.41, 5.74) is 0. The maximum Gasteiger partial charge on any atom is 2.00 e. The van der Waals surface area contributed by atoms with Crippen LogP contribution < -0.4 is 10.2 Å². The zero-order chi connectivity index (χ0) is 9.14. The number of hydrogen-bond donors (Lipinski definition) is 0. The Labute approximate surface area is 89.1 Å². The van der Waals surface area contributed by atoms with Crippen molar-refractivity contribution in [2.75, 3.05) is 0 Å². The molecule has 0 aromatic carbocycles. The Kier molecular flexibility index (Phi) is 5.15. The summed E-state index contributed by atoms with van der Waals surface area (Å²) >= 11 is 0. The fourth-order valence-corrected chi connectivity index (χ4v) is 1.70. The van der Waals surface area contributed by atoms with Gasteiger partial charge in [-0.15, -0.1) is 0 Å². The minimum Gasteiger partial charge on any atom is -0.550 e. The van der Waals surface area contributed by atoms with E-state index in [0.29, 0.717) is 12.8 Å². The maximum absolute atomic E-state index is 10.5. The van der Waals surface area contributed by atoms with Crippen molar-refractivity contribution in [2.45, 2.75) is 25.7 Å². The normalized spacial score (nSPS) is 27.4. The molecule has 2 unspecified atom stereocenters. The fraction of sp³-hybridized carbons (Fsp3) is 0.750. The van der Waals surface area contributed by atoms with Crippen LogP contribution in [0, 0.1) is 11.8 Å². The van der Waals surface area contributed by atoms with Crippen molar-refractivity contribution in [1.29, 1.82) is 0 Å². The van der Waals surface area contributed by atoms with E-state index in [1.54, 1.807) is 0 Å². The zero-order valence-electron chi connectivity index (χ0n) is 7.32. The van der Waals surface area contributed by atoms with Gasteiger partial charge in [-0.3, -0.25) is 0 Å². The summed E-state index contributed by atoms with van der Waals surface area (Å²) in [7, 11) is 0. The molecule has 1 aliphatic rings. The van der Waals surface area contributed by atoms with Gasteiger partial charge in [-0.1, -0.05) is 12.8 Å².